The first kappa shape index (κ1) is 5.81. The van der Waals surface area contributed by atoms with Crippen LogP contribution in [0.4, 0.5) is 0 Å². The van der Waals surface area contributed by atoms with Crippen LogP contribution in [0.5, 0.6) is 0 Å². The molecule has 0 fully saturated rings. The molecule has 0 saturated carbocycles. The summed E-state index contributed by atoms with van der Waals surface area (Å²) in [5, 5.41) is 0. The van der Waals surface area contributed by atoms with Gasteiger partial charge in [0.1, 0.15) is 6.54 Å². The molecule has 1 rings (SSSR count). The summed E-state index contributed by atoms with van der Waals surface area (Å²) in [4.78, 5) is 14.0. The fourth-order valence-corrected chi connectivity index (χ4v) is 0.560. The van der Waals surface area contributed by atoms with Gasteiger partial charge in [0.25, 0.3) is 0 Å². The zero-order valence-corrected chi connectivity index (χ0v) is 4.82. The lowest BCUT2D eigenvalue weighted by molar-refractivity contribution is -0.118. The van der Waals surface area contributed by atoms with Gasteiger partial charge in [0.15, 0.2) is 0 Å². The summed E-state index contributed by atoms with van der Waals surface area (Å²) < 4.78 is 1.61. The van der Waals surface area contributed by atoms with E-state index in [2.05, 4.69) is 4.98 Å². The van der Waals surface area contributed by atoms with Crippen LogP contribution in [0.1, 0.15) is 0 Å². The summed E-state index contributed by atoms with van der Waals surface area (Å²) in [6.07, 6.45) is 4.83. The van der Waals surface area contributed by atoms with Crippen LogP contribution in [0.3, 0.4) is 0 Å². The number of hydrogen-bond acceptors (Lipinski definition) is 2. The highest BCUT2D eigenvalue weighted by Gasteiger charge is 1.92. The number of rotatable bonds is 2. The van der Waals surface area contributed by atoms with Crippen LogP contribution in [0.25, 0.3) is 0 Å². The summed E-state index contributed by atoms with van der Waals surface area (Å²) in [5.41, 5.74) is 4.90. The largest absolute Gasteiger partial charge is 0.368 e. The van der Waals surface area contributed by atoms with Crippen molar-refractivity contribution in [3.05, 3.63) is 18.7 Å². The van der Waals surface area contributed by atoms with E-state index < -0.39 is 0 Å². The Hall–Kier alpha value is -1.32. The predicted molar refractivity (Wildman–Crippen MR) is 31.4 cm³/mol. The van der Waals surface area contributed by atoms with Gasteiger partial charge in [0.2, 0.25) is 5.91 Å². The summed E-state index contributed by atoms with van der Waals surface area (Å²) in [6, 6.07) is 0. The third-order valence-corrected chi connectivity index (χ3v) is 0.898. The van der Waals surface area contributed by atoms with Crippen LogP contribution in [-0.4, -0.2) is 15.5 Å². The number of carbonyl (C=O) groups excluding carboxylic acids is 1. The van der Waals surface area contributed by atoms with E-state index in [4.69, 9.17) is 5.73 Å². The van der Waals surface area contributed by atoms with Crippen LogP contribution in [0.15, 0.2) is 18.7 Å². The molecule has 0 unspecified atom stereocenters. The van der Waals surface area contributed by atoms with Crippen LogP contribution < -0.4 is 5.73 Å². The topological polar surface area (TPSA) is 60.9 Å². The maximum atomic E-state index is 10.2. The second-order valence-corrected chi connectivity index (χ2v) is 1.70. The van der Waals surface area contributed by atoms with Gasteiger partial charge >= 0.3 is 0 Å². The Balaban J connectivity index is 2.58. The Kier molecular flexibility index (Phi) is 1.48. The molecule has 1 amide bonds. The fraction of sp³-hybridized carbons (Fsp3) is 0.200. The quantitative estimate of drug-likeness (QED) is 0.572. The minimum absolute atomic E-state index is 0.208. The van der Waals surface area contributed by atoms with Crippen LogP contribution in [-0.2, 0) is 11.3 Å². The van der Waals surface area contributed by atoms with E-state index in [1.165, 1.54) is 0 Å². The highest BCUT2D eigenvalue weighted by Crippen LogP contribution is 1.82. The SMILES string of the molecule is NC(=O)Cn1ccnc1. The van der Waals surface area contributed by atoms with Crippen molar-refractivity contribution in [1.29, 1.82) is 0 Å². The first-order valence-electron chi connectivity index (χ1n) is 2.53. The Morgan fingerprint density at radius 2 is 2.56 bits per heavy atom. The molecule has 4 nitrogen and oxygen atoms in total. The number of hydrogen-bond donors (Lipinski definition) is 1. The molecular formula is C5H7N3O. The number of nitrogens with two attached hydrogens (primary N) is 1. The molecule has 0 bridgehead atoms. The van der Waals surface area contributed by atoms with Crippen molar-refractivity contribution >= 4 is 5.91 Å². The molecular weight excluding hydrogens is 118 g/mol. The molecule has 0 saturated heterocycles. The van der Waals surface area contributed by atoms with Crippen molar-refractivity contribution in [2.24, 2.45) is 5.73 Å². The summed E-state index contributed by atoms with van der Waals surface area (Å²) in [5.74, 6) is -0.354. The van der Waals surface area contributed by atoms with E-state index in [0.717, 1.165) is 0 Å². The normalized spacial score (nSPS) is 9.33. The number of imidazole rings is 1. The minimum Gasteiger partial charge on any atom is -0.368 e. The number of aromatic nitrogens is 2. The molecule has 4 heteroatoms. The number of amides is 1. The lowest BCUT2D eigenvalue weighted by Crippen LogP contribution is -2.17. The first-order valence-corrected chi connectivity index (χ1v) is 2.53. The van der Waals surface area contributed by atoms with Gasteiger partial charge in [-0.05, 0) is 0 Å². The molecule has 9 heavy (non-hydrogen) atoms. The molecule has 0 radical (unpaired) electrons. The highest BCUT2D eigenvalue weighted by molar-refractivity contribution is 5.73. The summed E-state index contributed by atoms with van der Waals surface area (Å²) >= 11 is 0. The Bertz CT molecular complexity index is 192. The molecule has 0 aromatic carbocycles. The van der Waals surface area contributed by atoms with Gasteiger partial charge in [-0.3, -0.25) is 4.79 Å². The first-order chi connectivity index (χ1) is 4.29. The van der Waals surface area contributed by atoms with E-state index in [0.29, 0.717) is 0 Å². The Labute approximate surface area is 52.3 Å². The molecule has 1 aromatic rings. The highest BCUT2D eigenvalue weighted by atomic mass is 16.1. The van der Waals surface area contributed by atoms with Crippen molar-refractivity contribution in [1.82, 2.24) is 9.55 Å². The van der Waals surface area contributed by atoms with Crippen molar-refractivity contribution < 1.29 is 4.79 Å². The zero-order valence-electron chi connectivity index (χ0n) is 4.82. The smallest absolute Gasteiger partial charge is 0.237 e. The Morgan fingerprint density at radius 1 is 1.78 bits per heavy atom. The van der Waals surface area contributed by atoms with Crippen LogP contribution in [0, 0.1) is 0 Å². The van der Waals surface area contributed by atoms with Gasteiger partial charge in [-0.15, -0.1) is 0 Å². The third kappa shape index (κ3) is 1.56. The second kappa shape index (κ2) is 2.30. The molecule has 0 aliphatic rings. The van der Waals surface area contributed by atoms with E-state index in [9.17, 15) is 4.79 Å². The maximum absolute atomic E-state index is 10.2. The molecule has 0 atom stereocenters. The van der Waals surface area contributed by atoms with Gasteiger partial charge in [0.05, 0.1) is 6.33 Å². The Morgan fingerprint density at radius 3 is 3.00 bits per heavy atom. The molecule has 1 aromatic heterocycles. The standard InChI is InChI=1S/C5H7N3O/c6-5(9)3-8-2-1-7-4-8/h1-2,4H,3H2,(H2,6,9). The van der Waals surface area contributed by atoms with Gasteiger partial charge in [0, 0.05) is 12.4 Å². The molecule has 48 valence electrons. The third-order valence-electron chi connectivity index (χ3n) is 0.898. The average molecular weight is 125 g/mol. The van der Waals surface area contributed by atoms with Crippen LogP contribution >= 0.6 is 0 Å². The summed E-state index contributed by atoms with van der Waals surface area (Å²) in [6.45, 7) is 0.208. The zero-order chi connectivity index (χ0) is 6.69. The average Bonchev–Trinajstić information content (AvgIpc) is 2.15. The van der Waals surface area contributed by atoms with Crippen LogP contribution in [0.2, 0.25) is 0 Å². The molecule has 0 aliphatic carbocycles. The minimum atomic E-state index is -0.354. The van der Waals surface area contributed by atoms with Gasteiger partial charge in [-0.1, -0.05) is 0 Å². The molecule has 0 aliphatic heterocycles. The molecule has 0 spiro atoms. The van der Waals surface area contributed by atoms with Gasteiger partial charge in [-0.25, -0.2) is 4.98 Å². The molecule has 1 heterocycles. The summed E-state index contributed by atoms with van der Waals surface area (Å²) in [7, 11) is 0. The van der Waals surface area contributed by atoms with E-state index >= 15 is 0 Å². The van der Waals surface area contributed by atoms with Gasteiger partial charge in [-0.2, -0.15) is 0 Å². The van der Waals surface area contributed by atoms with Gasteiger partial charge < -0.3 is 10.3 Å². The van der Waals surface area contributed by atoms with Crippen molar-refractivity contribution in [2.75, 3.05) is 0 Å². The van der Waals surface area contributed by atoms with Crippen molar-refractivity contribution in [3.63, 3.8) is 0 Å². The van der Waals surface area contributed by atoms with Crippen molar-refractivity contribution in [2.45, 2.75) is 6.54 Å². The molecule has 2 N–H and O–H groups in total. The number of primary amides is 1. The predicted octanol–water partition coefficient (Wildman–Crippen LogP) is -0.632. The van der Waals surface area contributed by atoms with E-state index in [-0.39, 0.29) is 12.5 Å². The lowest BCUT2D eigenvalue weighted by Gasteiger charge is -1.93. The fourth-order valence-electron chi connectivity index (χ4n) is 0.560. The van der Waals surface area contributed by atoms with Crippen molar-refractivity contribution in [3.8, 4) is 0 Å². The number of carbonyl (C=O) groups is 1. The lowest BCUT2D eigenvalue weighted by atomic mass is 10.6. The van der Waals surface area contributed by atoms with E-state index in [1.807, 2.05) is 0 Å². The maximum Gasteiger partial charge on any atom is 0.237 e. The monoisotopic (exact) mass is 125 g/mol. The number of nitrogens with zero attached hydrogens (tertiary/aromatic N) is 2. The van der Waals surface area contributed by atoms with E-state index in [1.54, 1.807) is 23.3 Å². The second-order valence-electron chi connectivity index (χ2n) is 1.70.